The predicted octanol–water partition coefficient (Wildman–Crippen LogP) is 3.44. The number of rotatable bonds is 2. The Morgan fingerprint density at radius 1 is 1.62 bits per heavy atom. The van der Waals surface area contributed by atoms with E-state index in [1.165, 1.54) is 31.1 Å². The number of aliphatic hydroxyl groups is 1. The molecule has 1 nitrogen and oxygen atoms in total. The van der Waals surface area contributed by atoms with Crippen molar-refractivity contribution in [1.82, 2.24) is 0 Å². The molecular formula is C12H18O. The van der Waals surface area contributed by atoms with Crippen molar-refractivity contribution in [3.63, 3.8) is 0 Å². The molecule has 0 spiro atoms. The third-order valence-electron chi connectivity index (χ3n) is 4.21. The van der Waals surface area contributed by atoms with Crippen molar-refractivity contribution in [1.29, 1.82) is 0 Å². The van der Waals surface area contributed by atoms with Gasteiger partial charge in [0.25, 0.3) is 0 Å². The molecular weight excluding hydrogens is 160 g/mol. The molecule has 2 fully saturated rings. The first-order valence-corrected chi connectivity index (χ1v) is 5.17. The summed E-state index contributed by atoms with van der Waals surface area (Å²) in [6.45, 7) is 6.53. The second kappa shape index (κ2) is 2.90. The van der Waals surface area contributed by atoms with Crippen molar-refractivity contribution in [2.24, 2.45) is 17.3 Å². The summed E-state index contributed by atoms with van der Waals surface area (Å²) >= 11 is 0. The summed E-state index contributed by atoms with van der Waals surface area (Å²) in [5.41, 5.74) is 1.71. The van der Waals surface area contributed by atoms with Crippen molar-refractivity contribution in [3.8, 4) is 0 Å². The van der Waals surface area contributed by atoms with Gasteiger partial charge in [0.15, 0.2) is 0 Å². The Morgan fingerprint density at radius 3 is 2.92 bits per heavy atom. The predicted molar refractivity (Wildman–Crippen MR) is 54.5 cm³/mol. The molecule has 72 valence electrons. The fourth-order valence-electron chi connectivity index (χ4n) is 3.20. The van der Waals surface area contributed by atoms with Crippen LogP contribution in [0.2, 0.25) is 0 Å². The van der Waals surface area contributed by atoms with Crippen LogP contribution in [0.15, 0.2) is 24.5 Å². The summed E-state index contributed by atoms with van der Waals surface area (Å²) < 4.78 is 0. The van der Waals surface area contributed by atoms with E-state index in [1.54, 1.807) is 0 Å². The zero-order valence-electron chi connectivity index (χ0n) is 8.29. The first kappa shape index (κ1) is 8.86. The molecule has 2 aliphatic rings. The average Bonchev–Trinajstić information content (AvgIpc) is 2.68. The van der Waals surface area contributed by atoms with Crippen LogP contribution in [0.3, 0.4) is 0 Å². The maximum Gasteiger partial charge on any atom is 0.0752 e. The van der Waals surface area contributed by atoms with Crippen LogP contribution >= 0.6 is 0 Å². The summed E-state index contributed by atoms with van der Waals surface area (Å²) in [5.74, 6) is 1.60. The molecule has 0 saturated heterocycles. The Labute approximate surface area is 80.2 Å². The summed E-state index contributed by atoms with van der Waals surface area (Å²) in [7, 11) is 0. The smallest absolute Gasteiger partial charge is 0.0752 e. The first-order chi connectivity index (χ1) is 6.18. The van der Waals surface area contributed by atoms with Crippen molar-refractivity contribution in [2.45, 2.75) is 32.6 Å². The Balaban J connectivity index is 2.17. The van der Waals surface area contributed by atoms with Gasteiger partial charge in [0, 0.05) is 0 Å². The first-order valence-electron chi connectivity index (χ1n) is 5.17. The monoisotopic (exact) mass is 178 g/mol. The van der Waals surface area contributed by atoms with Gasteiger partial charge in [-0.05, 0) is 49.0 Å². The average molecular weight is 178 g/mol. The van der Waals surface area contributed by atoms with E-state index in [0.29, 0.717) is 0 Å². The van der Waals surface area contributed by atoms with Gasteiger partial charge in [-0.15, -0.1) is 0 Å². The normalized spacial score (nSPS) is 43.6. The van der Waals surface area contributed by atoms with Gasteiger partial charge in [0.2, 0.25) is 0 Å². The van der Waals surface area contributed by atoms with Crippen LogP contribution in [0.1, 0.15) is 32.6 Å². The summed E-state index contributed by atoms with van der Waals surface area (Å²) in [4.78, 5) is 0. The highest BCUT2D eigenvalue weighted by Gasteiger charge is 2.49. The highest BCUT2D eigenvalue weighted by atomic mass is 16.2. The molecule has 0 aromatic carbocycles. The highest BCUT2D eigenvalue weighted by molar-refractivity contribution is 5.25. The minimum absolute atomic E-state index is 0.280. The van der Waals surface area contributed by atoms with Gasteiger partial charge in [-0.3, -0.25) is 0 Å². The molecule has 0 amide bonds. The molecule has 2 bridgehead atoms. The second-order valence-electron chi connectivity index (χ2n) is 4.74. The fraction of sp³-hybridized carbons (Fsp3) is 0.667. The molecule has 3 atom stereocenters. The lowest BCUT2D eigenvalue weighted by Gasteiger charge is -2.35. The van der Waals surface area contributed by atoms with E-state index in [-0.39, 0.29) is 5.41 Å². The van der Waals surface area contributed by atoms with Crippen LogP contribution in [-0.2, 0) is 0 Å². The van der Waals surface area contributed by atoms with Gasteiger partial charge in [-0.2, -0.15) is 0 Å². The number of allylic oxidation sites excluding steroid dienone is 2. The van der Waals surface area contributed by atoms with Gasteiger partial charge in [-0.25, -0.2) is 0 Å². The van der Waals surface area contributed by atoms with Crippen LogP contribution in [0.4, 0.5) is 0 Å². The molecule has 0 aromatic rings. The van der Waals surface area contributed by atoms with Crippen molar-refractivity contribution >= 4 is 0 Å². The molecule has 0 radical (unpaired) electrons. The van der Waals surface area contributed by atoms with Crippen molar-refractivity contribution in [2.75, 3.05) is 0 Å². The molecule has 1 heteroatoms. The van der Waals surface area contributed by atoms with E-state index in [1.807, 2.05) is 6.08 Å². The van der Waals surface area contributed by atoms with Crippen molar-refractivity contribution in [3.05, 3.63) is 24.5 Å². The molecule has 2 aliphatic carbocycles. The minimum Gasteiger partial charge on any atom is -0.516 e. The van der Waals surface area contributed by atoms with E-state index in [2.05, 4.69) is 13.5 Å². The Bertz CT molecular complexity index is 254. The number of hydrogen-bond acceptors (Lipinski definition) is 1. The lowest BCUT2D eigenvalue weighted by Crippen LogP contribution is -2.25. The van der Waals surface area contributed by atoms with Gasteiger partial charge in [0.05, 0.1) is 6.26 Å². The Kier molecular flexibility index (Phi) is 1.98. The van der Waals surface area contributed by atoms with E-state index in [9.17, 15) is 0 Å². The van der Waals surface area contributed by atoms with Crippen LogP contribution in [-0.4, -0.2) is 5.11 Å². The van der Waals surface area contributed by atoms with Gasteiger partial charge >= 0.3 is 0 Å². The van der Waals surface area contributed by atoms with Crippen LogP contribution in [0, 0.1) is 17.3 Å². The standard InChI is InChI=1S/C12H18O/c1-9-10-4-5-11(8-10)12(9,2)6-3-7-13/h3,7,10-11,13H,1,4-6,8H2,2H3. The van der Waals surface area contributed by atoms with Crippen molar-refractivity contribution < 1.29 is 5.11 Å². The molecule has 3 unspecified atom stereocenters. The summed E-state index contributed by atoms with van der Waals surface area (Å²) in [5, 5.41) is 8.69. The SMILES string of the molecule is C=C1C2CCC(C2)C1(C)CC=CO. The topological polar surface area (TPSA) is 20.2 Å². The summed E-state index contributed by atoms with van der Waals surface area (Å²) in [6.07, 6.45) is 8.05. The molecule has 0 aromatic heterocycles. The number of hydrogen-bond donors (Lipinski definition) is 1. The number of aliphatic hydroxyl groups excluding tert-OH is 1. The quantitative estimate of drug-likeness (QED) is 0.507. The summed E-state index contributed by atoms with van der Waals surface area (Å²) in [6, 6.07) is 0. The lowest BCUT2D eigenvalue weighted by molar-refractivity contribution is 0.260. The third kappa shape index (κ3) is 1.13. The van der Waals surface area contributed by atoms with E-state index >= 15 is 0 Å². The lowest BCUT2D eigenvalue weighted by atomic mass is 9.70. The minimum atomic E-state index is 0.280. The zero-order chi connectivity index (χ0) is 9.47. The zero-order valence-corrected chi connectivity index (χ0v) is 8.29. The Hall–Kier alpha value is -0.720. The van der Waals surface area contributed by atoms with Crippen LogP contribution in [0.5, 0.6) is 0 Å². The van der Waals surface area contributed by atoms with E-state index in [4.69, 9.17) is 5.11 Å². The molecule has 13 heavy (non-hydrogen) atoms. The largest absolute Gasteiger partial charge is 0.516 e. The van der Waals surface area contributed by atoms with Gasteiger partial charge in [-0.1, -0.05) is 19.1 Å². The second-order valence-corrected chi connectivity index (χ2v) is 4.74. The molecule has 1 N–H and O–H groups in total. The Morgan fingerprint density at radius 2 is 2.38 bits per heavy atom. The molecule has 0 aliphatic heterocycles. The van der Waals surface area contributed by atoms with E-state index < -0.39 is 0 Å². The van der Waals surface area contributed by atoms with Crippen LogP contribution in [0.25, 0.3) is 0 Å². The molecule has 0 heterocycles. The maximum atomic E-state index is 8.69. The maximum absolute atomic E-state index is 8.69. The van der Waals surface area contributed by atoms with Gasteiger partial charge < -0.3 is 5.11 Å². The number of fused-ring (bicyclic) bond motifs is 2. The molecule has 2 saturated carbocycles. The fourth-order valence-corrected chi connectivity index (χ4v) is 3.20. The van der Waals surface area contributed by atoms with Gasteiger partial charge in [0.1, 0.15) is 0 Å². The third-order valence-corrected chi connectivity index (χ3v) is 4.21. The van der Waals surface area contributed by atoms with E-state index in [0.717, 1.165) is 18.3 Å². The highest BCUT2D eigenvalue weighted by Crippen LogP contribution is 2.60. The molecule has 2 rings (SSSR count). The van der Waals surface area contributed by atoms with Crippen LogP contribution < -0.4 is 0 Å².